The van der Waals surface area contributed by atoms with Crippen molar-refractivity contribution in [2.45, 2.75) is 39.1 Å². The highest BCUT2D eigenvalue weighted by molar-refractivity contribution is 6.32. The highest BCUT2D eigenvalue weighted by atomic mass is 35.5. The van der Waals surface area contributed by atoms with E-state index >= 15 is 0 Å². The average Bonchev–Trinajstić information content (AvgIpc) is 3.05. The first-order valence-electron chi connectivity index (χ1n) is 14.3. The summed E-state index contributed by atoms with van der Waals surface area (Å²) in [5.74, 6) is -0.482. The highest BCUT2D eigenvalue weighted by Gasteiger charge is 2.22. The van der Waals surface area contributed by atoms with Gasteiger partial charge in [-0.05, 0) is 53.4 Å². The minimum absolute atomic E-state index is 0.0464. The summed E-state index contributed by atoms with van der Waals surface area (Å²) < 4.78 is 23.7. The summed E-state index contributed by atoms with van der Waals surface area (Å²) in [6.45, 7) is 3.21. The van der Waals surface area contributed by atoms with Crippen LogP contribution >= 0.6 is 11.6 Å². The van der Waals surface area contributed by atoms with Crippen molar-refractivity contribution in [1.82, 2.24) is 10.3 Å². The summed E-state index contributed by atoms with van der Waals surface area (Å²) >= 11 is 6.63. The molecule has 3 aromatic carbocycles. The molecule has 12 heteroatoms. The Kier molecular flexibility index (Phi) is 10.2. The standard InChI is InChI=1S/C34H30ClN3O8/c1-20-24(3-2-4-26(20)23-5-6-29-32(11-23)44-8-7-43-29)19-46-31-13-30(45-18-22-9-21(14-36)15-37-16-22)25(10-27(31)35)17-38-28(34(41)42)12-33(39)40/h2-6,9-11,13,15-16,28,38H,7-8,12,17-19H2,1H3,(H,39,40)(H,41,42)/t28-/m1/s1. The molecule has 236 valence electrons. The molecule has 4 aromatic rings. The molecule has 5 rings (SSSR count). The number of hydrogen-bond donors (Lipinski definition) is 3. The number of halogens is 1. The fourth-order valence-corrected chi connectivity index (χ4v) is 5.16. The molecule has 0 radical (unpaired) electrons. The van der Waals surface area contributed by atoms with Crippen LogP contribution in [0.25, 0.3) is 11.1 Å². The van der Waals surface area contributed by atoms with Gasteiger partial charge in [-0.1, -0.05) is 35.9 Å². The number of benzene rings is 3. The van der Waals surface area contributed by atoms with Crippen LogP contribution in [0.15, 0.2) is 67.0 Å². The first-order chi connectivity index (χ1) is 22.2. The van der Waals surface area contributed by atoms with E-state index in [4.69, 9.17) is 35.7 Å². The molecule has 1 atom stereocenters. The maximum Gasteiger partial charge on any atom is 0.321 e. The zero-order valence-electron chi connectivity index (χ0n) is 24.8. The third-order valence-corrected chi connectivity index (χ3v) is 7.63. The van der Waals surface area contributed by atoms with E-state index < -0.39 is 24.4 Å². The van der Waals surface area contributed by atoms with Gasteiger partial charge in [0.1, 0.15) is 50.0 Å². The lowest BCUT2D eigenvalue weighted by atomic mass is 9.96. The molecule has 2 heterocycles. The van der Waals surface area contributed by atoms with E-state index in [0.717, 1.165) is 22.3 Å². The Morgan fingerprint density at radius 2 is 1.78 bits per heavy atom. The first kappa shape index (κ1) is 32.1. The summed E-state index contributed by atoms with van der Waals surface area (Å²) in [4.78, 5) is 26.8. The van der Waals surface area contributed by atoms with Gasteiger partial charge in [0.15, 0.2) is 11.5 Å². The maximum absolute atomic E-state index is 11.6. The minimum atomic E-state index is -1.33. The summed E-state index contributed by atoms with van der Waals surface area (Å²) in [5.41, 5.74) is 5.41. The number of rotatable bonds is 13. The molecule has 0 spiro atoms. The third kappa shape index (κ3) is 7.85. The third-order valence-electron chi connectivity index (χ3n) is 7.33. The van der Waals surface area contributed by atoms with Crippen LogP contribution in [0.5, 0.6) is 23.0 Å². The van der Waals surface area contributed by atoms with Crippen LogP contribution in [0.3, 0.4) is 0 Å². The largest absolute Gasteiger partial charge is 0.488 e. The van der Waals surface area contributed by atoms with E-state index in [1.807, 2.05) is 49.4 Å². The summed E-state index contributed by atoms with van der Waals surface area (Å²) in [6, 6.07) is 17.3. The predicted octanol–water partition coefficient (Wildman–Crippen LogP) is 5.53. The van der Waals surface area contributed by atoms with Gasteiger partial charge in [-0.15, -0.1) is 0 Å². The number of nitriles is 1. The summed E-state index contributed by atoms with van der Waals surface area (Å²) in [5, 5.41) is 30.8. The van der Waals surface area contributed by atoms with E-state index in [1.54, 1.807) is 24.4 Å². The number of fused-ring (bicyclic) bond motifs is 1. The van der Waals surface area contributed by atoms with Crippen molar-refractivity contribution in [3.63, 3.8) is 0 Å². The Labute approximate surface area is 269 Å². The van der Waals surface area contributed by atoms with Gasteiger partial charge in [-0.2, -0.15) is 5.26 Å². The maximum atomic E-state index is 11.6. The topological polar surface area (TPSA) is 160 Å². The number of carboxylic acids is 2. The molecule has 0 saturated carbocycles. The number of carbonyl (C=O) groups is 2. The molecule has 46 heavy (non-hydrogen) atoms. The van der Waals surface area contributed by atoms with E-state index in [2.05, 4.69) is 10.3 Å². The van der Waals surface area contributed by atoms with Crippen LogP contribution in [0.2, 0.25) is 5.02 Å². The van der Waals surface area contributed by atoms with Crippen LogP contribution in [0, 0.1) is 18.3 Å². The first-order valence-corrected chi connectivity index (χ1v) is 14.7. The van der Waals surface area contributed by atoms with Gasteiger partial charge in [-0.3, -0.25) is 19.9 Å². The van der Waals surface area contributed by atoms with Crippen molar-refractivity contribution in [1.29, 1.82) is 5.26 Å². The second-order valence-electron chi connectivity index (χ2n) is 10.5. The lowest BCUT2D eigenvalue weighted by molar-refractivity contribution is -0.146. The normalized spacial score (nSPS) is 12.5. The van der Waals surface area contributed by atoms with Gasteiger partial charge in [0, 0.05) is 36.1 Å². The van der Waals surface area contributed by atoms with Gasteiger partial charge in [-0.25, -0.2) is 0 Å². The Bertz CT molecular complexity index is 1810. The van der Waals surface area contributed by atoms with Crippen molar-refractivity contribution in [2.24, 2.45) is 0 Å². The number of carboxylic acid groups (broad SMARTS) is 2. The zero-order valence-corrected chi connectivity index (χ0v) is 25.5. The molecule has 0 amide bonds. The molecule has 1 aliphatic rings. The van der Waals surface area contributed by atoms with Crippen molar-refractivity contribution in [3.8, 4) is 40.2 Å². The van der Waals surface area contributed by atoms with Crippen LogP contribution < -0.4 is 24.3 Å². The molecule has 0 bridgehead atoms. The number of nitrogens with one attached hydrogen (secondary N) is 1. The second-order valence-corrected chi connectivity index (χ2v) is 10.9. The van der Waals surface area contributed by atoms with Gasteiger partial charge in [0.05, 0.1) is 17.0 Å². The number of ether oxygens (including phenoxy) is 4. The summed E-state index contributed by atoms with van der Waals surface area (Å²) in [6.07, 6.45) is 2.39. The van der Waals surface area contributed by atoms with Crippen LogP contribution in [-0.4, -0.2) is 46.4 Å². The molecule has 3 N–H and O–H groups in total. The molecule has 0 fully saturated rings. The van der Waals surface area contributed by atoms with Crippen LogP contribution in [-0.2, 0) is 29.3 Å². The molecular weight excluding hydrogens is 614 g/mol. The Morgan fingerprint density at radius 1 is 1.00 bits per heavy atom. The Balaban J connectivity index is 1.38. The van der Waals surface area contributed by atoms with Crippen molar-refractivity contribution in [3.05, 3.63) is 99.8 Å². The molecular formula is C34H30ClN3O8. The monoisotopic (exact) mass is 643 g/mol. The van der Waals surface area contributed by atoms with E-state index in [1.165, 1.54) is 6.20 Å². The van der Waals surface area contributed by atoms with Crippen molar-refractivity contribution < 1.29 is 38.7 Å². The summed E-state index contributed by atoms with van der Waals surface area (Å²) in [7, 11) is 0. The molecule has 0 aliphatic carbocycles. The molecule has 0 unspecified atom stereocenters. The van der Waals surface area contributed by atoms with Crippen molar-refractivity contribution >= 4 is 23.5 Å². The molecule has 11 nitrogen and oxygen atoms in total. The van der Waals surface area contributed by atoms with E-state index in [0.29, 0.717) is 52.9 Å². The van der Waals surface area contributed by atoms with Crippen LogP contribution in [0.4, 0.5) is 0 Å². The van der Waals surface area contributed by atoms with Crippen LogP contribution in [0.1, 0.15) is 34.2 Å². The fourth-order valence-electron chi connectivity index (χ4n) is 4.92. The highest BCUT2D eigenvalue weighted by Crippen LogP contribution is 2.37. The Morgan fingerprint density at radius 3 is 2.54 bits per heavy atom. The molecule has 1 aliphatic heterocycles. The van der Waals surface area contributed by atoms with E-state index in [9.17, 15) is 20.0 Å². The zero-order chi connectivity index (χ0) is 32.6. The lowest BCUT2D eigenvalue weighted by Gasteiger charge is -2.20. The number of aliphatic carboxylic acids is 2. The molecule has 0 saturated heterocycles. The van der Waals surface area contributed by atoms with Gasteiger partial charge >= 0.3 is 11.9 Å². The number of nitrogens with zero attached hydrogens (tertiary/aromatic N) is 2. The Hall–Kier alpha value is -5.31. The van der Waals surface area contributed by atoms with Crippen molar-refractivity contribution in [2.75, 3.05) is 13.2 Å². The minimum Gasteiger partial charge on any atom is -0.488 e. The number of aromatic nitrogens is 1. The molecule has 1 aromatic heterocycles. The lowest BCUT2D eigenvalue weighted by Crippen LogP contribution is -2.38. The second kappa shape index (κ2) is 14.6. The van der Waals surface area contributed by atoms with Gasteiger partial charge in [0.25, 0.3) is 0 Å². The fraction of sp³-hybridized carbons (Fsp3) is 0.235. The number of hydrogen-bond acceptors (Lipinski definition) is 9. The van der Waals surface area contributed by atoms with Gasteiger partial charge in [0.2, 0.25) is 0 Å². The SMILES string of the molecule is Cc1c(COc2cc(OCc3cncc(C#N)c3)c(CN[C@H](CC(=O)O)C(=O)O)cc2Cl)cccc1-c1ccc2c(c1)OCCO2. The quantitative estimate of drug-likeness (QED) is 0.168. The average molecular weight is 644 g/mol. The number of pyridine rings is 1. The van der Waals surface area contributed by atoms with Gasteiger partial charge < -0.3 is 29.2 Å². The van der Waals surface area contributed by atoms with E-state index in [-0.39, 0.29) is 24.8 Å². The predicted molar refractivity (Wildman–Crippen MR) is 167 cm³/mol. The smallest absolute Gasteiger partial charge is 0.321 e.